The molecule has 9 heteroatoms. The van der Waals surface area contributed by atoms with E-state index >= 15 is 0 Å². The molecule has 0 bridgehead atoms. The average Bonchev–Trinajstić information content (AvgIpc) is 3.03. The second-order valence-corrected chi connectivity index (χ2v) is 6.71. The highest BCUT2D eigenvalue weighted by Crippen LogP contribution is 2.21. The molecular weight excluding hydrogens is 372 g/mol. The molecule has 2 heterocycles. The van der Waals surface area contributed by atoms with Crippen LogP contribution in [-0.2, 0) is 16.1 Å². The summed E-state index contributed by atoms with van der Waals surface area (Å²) in [6.07, 6.45) is 0.182. The number of halogens is 1. The van der Waals surface area contributed by atoms with Gasteiger partial charge in [0.2, 0.25) is 5.89 Å². The third kappa shape index (κ3) is 5.33. The Balaban J connectivity index is 1.42. The van der Waals surface area contributed by atoms with Crippen molar-refractivity contribution in [2.45, 2.75) is 19.9 Å². The van der Waals surface area contributed by atoms with E-state index in [9.17, 15) is 9.59 Å². The van der Waals surface area contributed by atoms with Gasteiger partial charge in [0.05, 0.1) is 19.6 Å². The number of oxazole rings is 1. The first-order valence-corrected chi connectivity index (χ1v) is 9.38. The van der Waals surface area contributed by atoms with Crippen LogP contribution in [0.2, 0.25) is 5.02 Å². The van der Waals surface area contributed by atoms with Crippen molar-refractivity contribution in [1.82, 2.24) is 20.1 Å². The summed E-state index contributed by atoms with van der Waals surface area (Å²) < 4.78 is 10.6. The Labute approximate surface area is 162 Å². The van der Waals surface area contributed by atoms with Crippen LogP contribution in [0.5, 0.6) is 0 Å². The lowest BCUT2D eigenvalue weighted by atomic mass is 10.3. The van der Waals surface area contributed by atoms with Gasteiger partial charge in [-0.15, -0.1) is 0 Å². The summed E-state index contributed by atoms with van der Waals surface area (Å²) in [5.41, 5.74) is 1.46. The smallest absolute Gasteiger partial charge is 0.317 e. The van der Waals surface area contributed by atoms with Crippen LogP contribution in [0.15, 0.2) is 22.6 Å². The minimum atomic E-state index is -0.303. The van der Waals surface area contributed by atoms with Crippen molar-refractivity contribution in [3.05, 3.63) is 29.1 Å². The first-order chi connectivity index (χ1) is 13.0. The lowest BCUT2D eigenvalue weighted by molar-refractivity contribution is -0.142. The van der Waals surface area contributed by atoms with Gasteiger partial charge in [-0.25, -0.2) is 9.78 Å². The summed E-state index contributed by atoms with van der Waals surface area (Å²) in [6.45, 7) is 5.64. The molecule has 3 rings (SSSR count). The molecule has 0 radical (unpaired) electrons. The van der Waals surface area contributed by atoms with Gasteiger partial charge in [-0.1, -0.05) is 11.6 Å². The number of carbonyl (C=O) groups excluding carboxylic acids is 2. The average molecular weight is 395 g/mol. The molecule has 0 atom stereocenters. The largest absolute Gasteiger partial charge is 0.466 e. The summed E-state index contributed by atoms with van der Waals surface area (Å²) in [4.78, 5) is 31.8. The van der Waals surface area contributed by atoms with Crippen LogP contribution in [0.3, 0.4) is 0 Å². The molecule has 0 aliphatic carbocycles. The molecule has 1 aromatic heterocycles. The van der Waals surface area contributed by atoms with E-state index in [1.807, 2.05) is 6.07 Å². The van der Waals surface area contributed by atoms with E-state index in [1.165, 1.54) is 0 Å². The quantitative estimate of drug-likeness (QED) is 0.756. The Morgan fingerprint density at radius 3 is 2.81 bits per heavy atom. The van der Waals surface area contributed by atoms with Crippen LogP contribution in [0.25, 0.3) is 11.1 Å². The molecule has 1 fully saturated rings. The van der Waals surface area contributed by atoms with Crippen LogP contribution < -0.4 is 5.32 Å². The molecule has 0 saturated carbocycles. The Kier molecular flexibility index (Phi) is 6.52. The third-order valence-corrected chi connectivity index (χ3v) is 4.56. The van der Waals surface area contributed by atoms with Crippen LogP contribution in [0.1, 0.15) is 19.2 Å². The molecule has 0 unspecified atom stereocenters. The first-order valence-electron chi connectivity index (χ1n) is 9.01. The number of ether oxygens (including phenoxy) is 1. The van der Waals surface area contributed by atoms with Gasteiger partial charge < -0.3 is 19.4 Å². The van der Waals surface area contributed by atoms with E-state index in [0.717, 1.165) is 18.6 Å². The van der Waals surface area contributed by atoms with Gasteiger partial charge in [0.1, 0.15) is 5.52 Å². The fourth-order valence-corrected chi connectivity index (χ4v) is 3.09. The van der Waals surface area contributed by atoms with E-state index in [0.29, 0.717) is 42.7 Å². The zero-order chi connectivity index (χ0) is 19.2. The van der Waals surface area contributed by atoms with Gasteiger partial charge in [-0.05, 0) is 19.1 Å². The van der Waals surface area contributed by atoms with Gasteiger partial charge >= 0.3 is 12.0 Å². The number of rotatable bonds is 6. The number of hydrogen-bond donors (Lipinski definition) is 1. The van der Waals surface area contributed by atoms with Crippen molar-refractivity contribution in [3.8, 4) is 0 Å². The van der Waals surface area contributed by atoms with E-state index in [4.69, 9.17) is 20.8 Å². The molecule has 1 aliphatic rings. The number of aromatic nitrogens is 1. The summed E-state index contributed by atoms with van der Waals surface area (Å²) >= 11 is 5.97. The molecule has 2 aromatic rings. The standard InChI is InChI=1S/C18H23ClN4O4/c1-2-26-17(24)5-6-20-18(25)23-9-7-22(8-10-23)12-16-21-14-4-3-13(19)11-15(14)27-16/h3-4,11H,2,5-10,12H2,1H3,(H,20,25). The Morgan fingerprint density at radius 1 is 1.30 bits per heavy atom. The summed E-state index contributed by atoms with van der Waals surface area (Å²) in [7, 11) is 0. The molecule has 0 spiro atoms. The van der Waals surface area contributed by atoms with Crippen LogP contribution in [0, 0.1) is 0 Å². The van der Waals surface area contributed by atoms with Crippen LogP contribution in [0.4, 0.5) is 4.79 Å². The molecule has 2 amide bonds. The SMILES string of the molecule is CCOC(=O)CCNC(=O)N1CCN(Cc2nc3ccc(Cl)cc3o2)CC1. The molecule has 1 N–H and O–H groups in total. The lowest BCUT2D eigenvalue weighted by Crippen LogP contribution is -2.51. The first kappa shape index (κ1) is 19.4. The maximum absolute atomic E-state index is 12.2. The van der Waals surface area contributed by atoms with Gasteiger partial charge in [0, 0.05) is 43.8 Å². The topological polar surface area (TPSA) is 87.9 Å². The van der Waals surface area contributed by atoms with Crippen molar-refractivity contribution < 1.29 is 18.7 Å². The predicted molar refractivity (Wildman–Crippen MR) is 101 cm³/mol. The number of carbonyl (C=O) groups is 2. The highest BCUT2D eigenvalue weighted by molar-refractivity contribution is 6.31. The highest BCUT2D eigenvalue weighted by atomic mass is 35.5. The number of nitrogens with zero attached hydrogens (tertiary/aromatic N) is 3. The van der Waals surface area contributed by atoms with Crippen LogP contribution in [-0.4, -0.2) is 66.1 Å². The minimum absolute atomic E-state index is 0.157. The molecule has 146 valence electrons. The Morgan fingerprint density at radius 2 is 2.07 bits per heavy atom. The van der Waals surface area contributed by atoms with Crippen molar-refractivity contribution >= 4 is 34.7 Å². The van der Waals surface area contributed by atoms with E-state index in [2.05, 4.69) is 15.2 Å². The van der Waals surface area contributed by atoms with Crippen molar-refractivity contribution in [3.63, 3.8) is 0 Å². The zero-order valence-electron chi connectivity index (χ0n) is 15.2. The molecule has 27 heavy (non-hydrogen) atoms. The number of amides is 2. The van der Waals surface area contributed by atoms with E-state index in [-0.39, 0.29) is 25.0 Å². The fraction of sp³-hybridized carbons (Fsp3) is 0.500. The van der Waals surface area contributed by atoms with Gasteiger partial charge in [0.15, 0.2) is 5.58 Å². The van der Waals surface area contributed by atoms with Crippen molar-refractivity contribution in [2.24, 2.45) is 0 Å². The normalized spacial score (nSPS) is 15.1. The molecule has 1 aromatic carbocycles. The van der Waals surface area contributed by atoms with Gasteiger partial charge in [0.25, 0.3) is 0 Å². The lowest BCUT2D eigenvalue weighted by Gasteiger charge is -2.33. The van der Waals surface area contributed by atoms with Gasteiger partial charge in [-0.3, -0.25) is 9.69 Å². The summed E-state index contributed by atoms with van der Waals surface area (Å²) in [5, 5.41) is 3.37. The highest BCUT2D eigenvalue weighted by Gasteiger charge is 2.22. The third-order valence-electron chi connectivity index (χ3n) is 4.32. The summed E-state index contributed by atoms with van der Waals surface area (Å²) in [6, 6.07) is 5.22. The monoisotopic (exact) mass is 394 g/mol. The van der Waals surface area contributed by atoms with E-state index in [1.54, 1.807) is 24.0 Å². The number of fused-ring (bicyclic) bond motifs is 1. The maximum Gasteiger partial charge on any atom is 0.317 e. The fourth-order valence-electron chi connectivity index (χ4n) is 2.93. The number of hydrogen-bond acceptors (Lipinski definition) is 6. The molecule has 1 aliphatic heterocycles. The number of esters is 1. The van der Waals surface area contributed by atoms with Crippen molar-refractivity contribution in [1.29, 1.82) is 0 Å². The maximum atomic E-state index is 12.2. The second kappa shape index (κ2) is 9.05. The van der Waals surface area contributed by atoms with E-state index < -0.39 is 0 Å². The summed E-state index contributed by atoms with van der Waals surface area (Å²) in [5.74, 6) is 0.335. The van der Waals surface area contributed by atoms with Gasteiger partial charge in [-0.2, -0.15) is 0 Å². The number of benzene rings is 1. The number of urea groups is 1. The molecule has 8 nitrogen and oxygen atoms in total. The number of nitrogens with one attached hydrogen (secondary N) is 1. The zero-order valence-corrected chi connectivity index (χ0v) is 16.0. The minimum Gasteiger partial charge on any atom is -0.466 e. The van der Waals surface area contributed by atoms with Crippen LogP contribution >= 0.6 is 11.6 Å². The number of piperazine rings is 1. The Hall–Kier alpha value is -2.32. The Bertz CT molecular complexity index is 802. The second-order valence-electron chi connectivity index (χ2n) is 6.27. The molecule has 1 saturated heterocycles. The van der Waals surface area contributed by atoms with Crippen molar-refractivity contribution in [2.75, 3.05) is 39.3 Å². The molecular formula is C18H23ClN4O4. The predicted octanol–water partition coefficient (Wildman–Crippen LogP) is 2.26.